The number of likely N-dealkylation sites (tertiary alicyclic amines) is 1. The van der Waals surface area contributed by atoms with Crippen molar-refractivity contribution in [2.75, 3.05) is 13.1 Å². The average Bonchev–Trinajstić information content (AvgIpc) is 3.34. The van der Waals surface area contributed by atoms with Crippen molar-refractivity contribution >= 4 is 5.91 Å². The molecule has 1 unspecified atom stereocenters. The number of rotatable bonds is 7. The van der Waals surface area contributed by atoms with Gasteiger partial charge < -0.3 is 10.0 Å². The van der Waals surface area contributed by atoms with Gasteiger partial charge in [-0.2, -0.15) is 4.98 Å². The molecule has 0 radical (unpaired) electrons. The molecule has 2 atom stereocenters. The summed E-state index contributed by atoms with van der Waals surface area (Å²) in [5, 5.41) is 10.7. The third-order valence-corrected chi connectivity index (χ3v) is 6.44. The molecule has 1 aliphatic rings. The first kappa shape index (κ1) is 22.7. The van der Waals surface area contributed by atoms with E-state index >= 15 is 0 Å². The number of aryl methyl sites for hydroxylation is 1. The second kappa shape index (κ2) is 9.98. The van der Waals surface area contributed by atoms with Crippen LogP contribution in [0.15, 0.2) is 59.7 Å². The first-order chi connectivity index (χ1) is 16.0. The van der Waals surface area contributed by atoms with E-state index in [9.17, 15) is 14.7 Å². The number of hydrogen-bond acceptors (Lipinski definition) is 5. The Morgan fingerprint density at radius 1 is 1.21 bits per heavy atom. The Kier molecular flexibility index (Phi) is 6.87. The molecule has 1 saturated heterocycles. The summed E-state index contributed by atoms with van der Waals surface area (Å²) in [6.45, 7) is 4.99. The number of carbonyl (C=O) groups is 1. The smallest absolute Gasteiger partial charge is 0.270 e. The van der Waals surface area contributed by atoms with Gasteiger partial charge in [0.15, 0.2) is 5.56 Å². The van der Waals surface area contributed by atoms with Crippen molar-refractivity contribution in [2.45, 2.75) is 51.5 Å². The van der Waals surface area contributed by atoms with E-state index in [2.05, 4.69) is 29.0 Å². The van der Waals surface area contributed by atoms with Crippen LogP contribution in [0, 0.1) is 0 Å². The van der Waals surface area contributed by atoms with Gasteiger partial charge in [-0.3, -0.25) is 19.1 Å². The van der Waals surface area contributed by atoms with Gasteiger partial charge in [-0.05, 0) is 37.0 Å². The minimum Gasteiger partial charge on any atom is -0.493 e. The molecule has 1 fully saturated rings. The summed E-state index contributed by atoms with van der Waals surface area (Å²) in [5.74, 6) is -0.243. The van der Waals surface area contributed by atoms with E-state index in [1.807, 2.05) is 37.3 Å². The molecular weight excluding hydrogens is 416 g/mol. The highest BCUT2D eigenvalue weighted by molar-refractivity contribution is 5.96. The summed E-state index contributed by atoms with van der Waals surface area (Å²) in [7, 11) is 0. The maximum atomic E-state index is 13.6. The lowest BCUT2D eigenvalue weighted by atomic mass is 9.99. The molecule has 0 bridgehead atoms. The predicted molar refractivity (Wildman–Crippen MR) is 127 cm³/mol. The first-order valence-electron chi connectivity index (χ1n) is 11.6. The van der Waals surface area contributed by atoms with Crippen LogP contribution in [-0.4, -0.2) is 43.5 Å². The van der Waals surface area contributed by atoms with Crippen molar-refractivity contribution in [1.29, 1.82) is 0 Å². The molecule has 3 aromatic rings. The van der Waals surface area contributed by atoms with Gasteiger partial charge in [-0.15, -0.1) is 0 Å². The van der Waals surface area contributed by atoms with Crippen molar-refractivity contribution in [3.8, 4) is 5.88 Å². The van der Waals surface area contributed by atoms with Crippen molar-refractivity contribution in [2.24, 2.45) is 0 Å². The van der Waals surface area contributed by atoms with Crippen LogP contribution in [-0.2, 0) is 6.42 Å². The Labute approximate surface area is 193 Å². The summed E-state index contributed by atoms with van der Waals surface area (Å²) < 4.78 is 1.55. The number of unbranched alkanes of at least 4 members (excludes halogenated alkanes) is 1. The van der Waals surface area contributed by atoms with Crippen LogP contribution in [0.4, 0.5) is 0 Å². The third-order valence-electron chi connectivity index (χ3n) is 6.44. The van der Waals surface area contributed by atoms with E-state index in [1.54, 1.807) is 21.9 Å². The van der Waals surface area contributed by atoms with E-state index in [4.69, 9.17) is 0 Å². The molecule has 7 nitrogen and oxygen atoms in total. The maximum Gasteiger partial charge on any atom is 0.270 e. The SMILES string of the molecule is CCCCc1nc(O)c(C(=O)N2CC[C@H](c3ccccc3)C2)c(=O)n1C(C)c1cccnc1. The minimum atomic E-state index is -0.502. The largest absolute Gasteiger partial charge is 0.493 e. The van der Waals surface area contributed by atoms with Crippen LogP contribution >= 0.6 is 0 Å². The van der Waals surface area contributed by atoms with Crippen molar-refractivity contribution < 1.29 is 9.90 Å². The number of aromatic hydroxyl groups is 1. The molecule has 0 spiro atoms. The lowest BCUT2D eigenvalue weighted by Crippen LogP contribution is -2.38. The zero-order chi connectivity index (χ0) is 23.4. The van der Waals surface area contributed by atoms with Gasteiger partial charge in [0, 0.05) is 37.8 Å². The first-order valence-corrected chi connectivity index (χ1v) is 11.6. The van der Waals surface area contributed by atoms with Crippen LogP contribution in [0.2, 0.25) is 0 Å². The van der Waals surface area contributed by atoms with Gasteiger partial charge in [0.1, 0.15) is 5.82 Å². The highest BCUT2D eigenvalue weighted by Crippen LogP contribution is 2.29. The van der Waals surface area contributed by atoms with E-state index < -0.39 is 17.3 Å². The molecule has 2 aromatic heterocycles. The fraction of sp³-hybridized carbons (Fsp3) is 0.385. The summed E-state index contributed by atoms with van der Waals surface area (Å²) >= 11 is 0. The van der Waals surface area contributed by atoms with Crippen molar-refractivity contribution in [1.82, 2.24) is 19.4 Å². The number of aromatic nitrogens is 3. The molecule has 172 valence electrons. The van der Waals surface area contributed by atoms with Gasteiger partial charge in [0.2, 0.25) is 5.88 Å². The van der Waals surface area contributed by atoms with Crippen LogP contribution in [0.3, 0.4) is 0 Å². The lowest BCUT2D eigenvalue weighted by Gasteiger charge is -2.22. The fourth-order valence-electron chi connectivity index (χ4n) is 4.54. The summed E-state index contributed by atoms with van der Waals surface area (Å²) in [6, 6.07) is 13.4. The van der Waals surface area contributed by atoms with Gasteiger partial charge in [0.05, 0.1) is 6.04 Å². The van der Waals surface area contributed by atoms with Gasteiger partial charge in [0.25, 0.3) is 11.5 Å². The van der Waals surface area contributed by atoms with E-state index in [1.165, 1.54) is 5.56 Å². The minimum absolute atomic E-state index is 0.214. The Morgan fingerprint density at radius 3 is 2.70 bits per heavy atom. The van der Waals surface area contributed by atoms with Crippen LogP contribution in [0.25, 0.3) is 0 Å². The van der Waals surface area contributed by atoms with Gasteiger partial charge >= 0.3 is 0 Å². The van der Waals surface area contributed by atoms with Crippen LogP contribution in [0.1, 0.15) is 72.4 Å². The van der Waals surface area contributed by atoms with E-state index in [0.717, 1.165) is 24.8 Å². The van der Waals surface area contributed by atoms with Crippen molar-refractivity contribution in [3.05, 3.63) is 87.7 Å². The van der Waals surface area contributed by atoms with Crippen molar-refractivity contribution in [3.63, 3.8) is 0 Å². The zero-order valence-electron chi connectivity index (χ0n) is 19.1. The average molecular weight is 447 g/mol. The second-order valence-corrected chi connectivity index (χ2v) is 8.62. The van der Waals surface area contributed by atoms with E-state index in [-0.39, 0.29) is 17.5 Å². The Morgan fingerprint density at radius 2 is 2.00 bits per heavy atom. The van der Waals surface area contributed by atoms with E-state index in [0.29, 0.717) is 25.3 Å². The molecule has 33 heavy (non-hydrogen) atoms. The zero-order valence-corrected chi connectivity index (χ0v) is 19.1. The number of hydrogen-bond donors (Lipinski definition) is 1. The molecular formula is C26H30N4O3. The molecule has 3 heterocycles. The number of benzene rings is 1. The highest BCUT2D eigenvalue weighted by atomic mass is 16.3. The number of nitrogens with zero attached hydrogens (tertiary/aromatic N) is 4. The number of pyridine rings is 1. The fourth-order valence-corrected chi connectivity index (χ4v) is 4.54. The lowest BCUT2D eigenvalue weighted by molar-refractivity contribution is 0.0783. The highest BCUT2D eigenvalue weighted by Gasteiger charge is 2.33. The Balaban J connectivity index is 1.70. The third kappa shape index (κ3) is 4.67. The van der Waals surface area contributed by atoms with Crippen LogP contribution < -0.4 is 5.56 Å². The monoisotopic (exact) mass is 446 g/mol. The molecule has 0 aliphatic carbocycles. The summed E-state index contributed by atoms with van der Waals surface area (Å²) in [4.78, 5) is 37.2. The topological polar surface area (TPSA) is 88.3 Å². The van der Waals surface area contributed by atoms with Gasteiger partial charge in [-0.1, -0.05) is 49.7 Å². The molecule has 1 aromatic carbocycles. The summed E-state index contributed by atoms with van der Waals surface area (Å²) in [6.07, 6.45) is 6.49. The predicted octanol–water partition coefficient (Wildman–Crippen LogP) is 3.93. The molecule has 4 rings (SSSR count). The number of carbonyl (C=O) groups excluding carboxylic acids is 1. The standard InChI is InChI=1S/C26H30N4O3/c1-3-4-12-22-28-24(31)23(26(33)30(22)18(2)20-11-8-14-27-16-20)25(32)29-15-13-21(17-29)19-9-6-5-7-10-19/h5-11,14,16,18,21,31H,3-4,12-13,15,17H2,1-2H3/t18?,21-/m0/s1. The molecule has 1 aliphatic heterocycles. The molecule has 0 saturated carbocycles. The molecule has 1 N–H and O–H groups in total. The Bertz CT molecular complexity index is 1160. The quantitative estimate of drug-likeness (QED) is 0.594. The molecule has 7 heteroatoms. The second-order valence-electron chi connectivity index (χ2n) is 8.62. The molecule has 1 amide bonds. The number of amides is 1. The maximum absolute atomic E-state index is 13.6. The van der Waals surface area contributed by atoms with Crippen LogP contribution in [0.5, 0.6) is 5.88 Å². The normalized spacial score (nSPS) is 16.7. The van der Waals surface area contributed by atoms with Gasteiger partial charge in [-0.25, -0.2) is 0 Å². The Hall–Kier alpha value is -3.48. The summed E-state index contributed by atoms with van der Waals surface area (Å²) in [5.41, 5.74) is 1.26.